The summed E-state index contributed by atoms with van der Waals surface area (Å²) in [6.45, 7) is 2.12. The Kier molecular flexibility index (Phi) is 2.30. The van der Waals surface area contributed by atoms with Crippen molar-refractivity contribution in [2.45, 2.75) is 57.5 Å². The minimum Gasteiger partial charge on any atom is -0.329 e. The number of carbonyl (C=O) groups is 2. The molecule has 4 atom stereocenters. The third-order valence-corrected chi connectivity index (χ3v) is 4.79. The van der Waals surface area contributed by atoms with Gasteiger partial charge < -0.3 is 4.90 Å². The van der Waals surface area contributed by atoms with Crippen molar-refractivity contribution in [2.75, 3.05) is 0 Å². The van der Waals surface area contributed by atoms with Gasteiger partial charge in [0.25, 0.3) is 0 Å². The lowest BCUT2D eigenvalue weighted by atomic mass is 9.76. The highest BCUT2D eigenvalue weighted by atomic mass is 16.2. The minimum absolute atomic E-state index is 0.0585. The molecule has 3 saturated heterocycles. The SMILES string of the molecule is CC[C@@H]1C(=O)C2CCC3C1CCCC(=O)N23. The Bertz CT molecular complexity index is 339. The van der Waals surface area contributed by atoms with Crippen LogP contribution in [0.15, 0.2) is 0 Å². The Balaban J connectivity index is 2.01. The molecule has 1 amide bonds. The monoisotopic (exact) mass is 221 g/mol. The van der Waals surface area contributed by atoms with Gasteiger partial charge in [0, 0.05) is 18.4 Å². The molecule has 3 rings (SSSR count). The Labute approximate surface area is 96.2 Å². The number of piperidine rings is 1. The van der Waals surface area contributed by atoms with E-state index in [0.717, 1.165) is 32.1 Å². The fraction of sp³-hybridized carbons (Fsp3) is 0.846. The summed E-state index contributed by atoms with van der Waals surface area (Å²) in [7, 11) is 0. The zero-order valence-corrected chi connectivity index (χ0v) is 9.82. The predicted octanol–water partition coefficient (Wildman–Crippen LogP) is 1.75. The summed E-state index contributed by atoms with van der Waals surface area (Å²) >= 11 is 0. The van der Waals surface area contributed by atoms with Crippen molar-refractivity contribution in [3.05, 3.63) is 0 Å². The van der Waals surface area contributed by atoms with Gasteiger partial charge in [-0.3, -0.25) is 9.59 Å². The van der Waals surface area contributed by atoms with E-state index in [1.165, 1.54) is 0 Å². The van der Waals surface area contributed by atoms with Crippen molar-refractivity contribution in [2.24, 2.45) is 11.8 Å². The second-order valence-electron chi connectivity index (χ2n) is 5.43. The Hall–Kier alpha value is -0.860. The summed E-state index contributed by atoms with van der Waals surface area (Å²) in [5.74, 6) is 1.29. The molecule has 0 spiro atoms. The first-order valence-electron chi connectivity index (χ1n) is 6.59. The molecule has 3 heterocycles. The first-order chi connectivity index (χ1) is 7.74. The van der Waals surface area contributed by atoms with Crippen molar-refractivity contribution in [1.29, 1.82) is 0 Å². The van der Waals surface area contributed by atoms with Crippen LogP contribution in [0.3, 0.4) is 0 Å². The minimum atomic E-state index is -0.0585. The number of nitrogens with zero attached hydrogens (tertiary/aromatic N) is 1. The molecule has 3 heteroatoms. The standard InChI is InChI=1S/C13H19NO2/c1-2-8-9-4-3-5-12(15)14-10(9)6-7-11(14)13(8)16/h8-11H,2-7H2,1H3/t8-,9?,10?,11?/m0/s1. The Morgan fingerprint density at radius 2 is 2.06 bits per heavy atom. The highest BCUT2D eigenvalue weighted by Gasteiger charge is 2.53. The average molecular weight is 221 g/mol. The van der Waals surface area contributed by atoms with Crippen LogP contribution in [0.25, 0.3) is 0 Å². The first-order valence-corrected chi connectivity index (χ1v) is 6.59. The number of carbonyl (C=O) groups excluding carboxylic acids is 2. The van der Waals surface area contributed by atoms with Crippen LogP contribution < -0.4 is 0 Å². The highest BCUT2D eigenvalue weighted by Crippen LogP contribution is 2.45. The zero-order valence-electron chi connectivity index (χ0n) is 9.82. The van der Waals surface area contributed by atoms with Gasteiger partial charge in [-0.15, -0.1) is 0 Å². The van der Waals surface area contributed by atoms with Crippen LogP contribution in [-0.4, -0.2) is 28.7 Å². The van der Waals surface area contributed by atoms with E-state index in [9.17, 15) is 9.59 Å². The van der Waals surface area contributed by atoms with Crippen molar-refractivity contribution in [3.8, 4) is 0 Å². The number of hydrogen-bond acceptors (Lipinski definition) is 2. The third-order valence-electron chi connectivity index (χ3n) is 4.79. The number of amides is 1. The number of ketones is 1. The number of rotatable bonds is 1. The molecule has 3 aliphatic heterocycles. The lowest BCUT2D eigenvalue weighted by Crippen LogP contribution is -2.55. The van der Waals surface area contributed by atoms with E-state index in [2.05, 4.69) is 6.92 Å². The molecule has 16 heavy (non-hydrogen) atoms. The molecular formula is C13H19NO2. The van der Waals surface area contributed by atoms with Crippen molar-refractivity contribution in [3.63, 3.8) is 0 Å². The van der Waals surface area contributed by atoms with E-state index in [-0.39, 0.29) is 17.9 Å². The predicted molar refractivity (Wildman–Crippen MR) is 59.8 cm³/mol. The second-order valence-corrected chi connectivity index (χ2v) is 5.43. The van der Waals surface area contributed by atoms with E-state index < -0.39 is 0 Å². The largest absolute Gasteiger partial charge is 0.329 e. The van der Waals surface area contributed by atoms with Gasteiger partial charge in [-0.05, 0) is 38.0 Å². The molecule has 0 aromatic rings. The van der Waals surface area contributed by atoms with Crippen molar-refractivity contribution < 1.29 is 9.59 Å². The smallest absolute Gasteiger partial charge is 0.223 e. The molecular weight excluding hydrogens is 202 g/mol. The maximum Gasteiger partial charge on any atom is 0.223 e. The van der Waals surface area contributed by atoms with E-state index in [4.69, 9.17) is 0 Å². The molecule has 0 aromatic heterocycles. The summed E-state index contributed by atoms with van der Waals surface area (Å²) in [4.78, 5) is 26.3. The van der Waals surface area contributed by atoms with Gasteiger partial charge in [-0.1, -0.05) is 6.92 Å². The lowest BCUT2D eigenvalue weighted by molar-refractivity contribution is -0.147. The quantitative estimate of drug-likeness (QED) is 0.676. The molecule has 0 aromatic carbocycles. The maximum atomic E-state index is 12.3. The van der Waals surface area contributed by atoms with Crippen molar-refractivity contribution in [1.82, 2.24) is 4.90 Å². The third kappa shape index (κ3) is 1.20. The lowest BCUT2D eigenvalue weighted by Gasteiger charge is -2.41. The summed E-state index contributed by atoms with van der Waals surface area (Å²) < 4.78 is 0. The van der Waals surface area contributed by atoms with E-state index in [1.54, 1.807) is 0 Å². The Morgan fingerprint density at radius 3 is 2.81 bits per heavy atom. The molecule has 88 valence electrons. The van der Waals surface area contributed by atoms with Gasteiger partial charge in [0.1, 0.15) is 0 Å². The molecule has 0 radical (unpaired) electrons. The van der Waals surface area contributed by atoms with E-state index in [1.807, 2.05) is 4.90 Å². The van der Waals surface area contributed by atoms with Crippen LogP contribution in [0.5, 0.6) is 0 Å². The normalized spacial score (nSPS) is 42.4. The summed E-state index contributed by atoms with van der Waals surface area (Å²) in [5, 5.41) is 0. The van der Waals surface area contributed by atoms with Crippen LogP contribution in [0.4, 0.5) is 0 Å². The maximum absolute atomic E-state index is 12.3. The van der Waals surface area contributed by atoms with Crippen molar-refractivity contribution >= 4 is 11.7 Å². The average Bonchev–Trinajstić information content (AvgIpc) is 2.60. The fourth-order valence-electron chi connectivity index (χ4n) is 4.14. The van der Waals surface area contributed by atoms with Crippen LogP contribution in [0.1, 0.15) is 45.4 Å². The molecule has 3 nitrogen and oxygen atoms in total. The van der Waals surface area contributed by atoms with Crippen LogP contribution in [0.2, 0.25) is 0 Å². The molecule has 3 unspecified atom stereocenters. The molecule has 3 aliphatic rings. The Morgan fingerprint density at radius 1 is 1.25 bits per heavy atom. The molecule has 0 N–H and O–H groups in total. The van der Waals surface area contributed by atoms with Gasteiger partial charge in [-0.25, -0.2) is 0 Å². The van der Waals surface area contributed by atoms with Crippen LogP contribution in [0, 0.1) is 11.8 Å². The second kappa shape index (κ2) is 3.57. The van der Waals surface area contributed by atoms with Crippen LogP contribution in [-0.2, 0) is 9.59 Å². The summed E-state index contributed by atoms with van der Waals surface area (Å²) in [6, 6.07) is 0.333. The van der Waals surface area contributed by atoms with E-state index >= 15 is 0 Å². The first kappa shape index (κ1) is 10.3. The van der Waals surface area contributed by atoms with Gasteiger partial charge in [0.15, 0.2) is 5.78 Å². The molecule has 4 bridgehead atoms. The number of hydrogen-bond donors (Lipinski definition) is 0. The topological polar surface area (TPSA) is 37.4 Å². The van der Waals surface area contributed by atoms with Gasteiger partial charge >= 0.3 is 0 Å². The molecule has 0 saturated carbocycles. The number of Topliss-reactive ketones (excluding diaryl/α,β-unsaturated/α-hetero) is 1. The highest BCUT2D eigenvalue weighted by molar-refractivity contribution is 5.93. The van der Waals surface area contributed by atoms with Gasteiger partial charge in [-0.2, -0.15) is 0 Å². The van der Waals surface area contributed by atoms with Gasteiger partial charge in [0.2, 0.25) is 5.91 Å². The van der Waals surface area contributed by atoms with Crippen LogP contribution >= 0.6 is 0 Å². The summed E-state index contributed by atoms with van der Waals surface area (Å²) in [6.07, 6.45) is 5.65. The van der Waals surface area contributed by atoms with Gasteiger partial charge in [0.05, 0.1) is 6.04 Å². The van der Waals surface area contributed by atoms with E-state index in [0.29, 0.717) is 24.2 Å². The fourth-order valence-corrected chi connectivity index (χ4v) is 4.14. The summed E-state index contributed by atoms with van der Waals surface area (Å²) in [5.41, 5.74) is 0. The molecule has 0 aliphatic carbocycles. The zero-order chi connectivity index (χ0) is 11.3. The molecule has 3 fully saturated rings.